The van der Waals surface area contributed by atoms with E-state index in [4.69, 9.17) is 0 Å². The summed E-state index contributed by atoms with van der Waals surface area (Å²) in [5.41, 5.74) is 0.551. The van der Waals surface area contributed by atoms with Crippen molar-refractivity contribution in [3.8, 4) is 0 Å². The molecule has 1 aromatic rings. The molecule has 0 aliphatic carbocycles. The Balaban J connectivity index is 2.75. The first-order valence-electron chi connectivity index (χ1n) is 6.07. The zero-order valence-corrected chi connectivity index (χ0v) is 11.6. The van der Waals surface area contributed by atoms with Gasteiger partial charge in [0.15, 0.2) is 0 Å². The van der Waals surface area contributed by atoms with E-state index >= 15 is 0 Å². The smallest absolute Gasteiger partial charge is 0.148 e. The summed E-state index contributed by atoms with van der Waals surface area (Å²) in [5.74, 6) is -0.254. The summed E-state index contributed by atoms with van der Waals surface area (Å²) in [6.45, 7) is 2.74. The van der Waals surface area contributed by atoms with E-state index in [2.05, 4.69) is 5.32 Å². The van der Waals surface area contributed by atoms with Gasteiger partial charge in [-0.25, -0.2) is 12.8 Å². The molecule has 0 fully saturated rings. The highest BCUT2D eigenvalue weighted by molar-refractivity contribution is 7.90. The molecule has 1 rings (SSSR count). The quantitative estimate of drug-likeness (QED) is 0.823. The molecule has 5 heteroatoms. The van der Waals surface area contributed by atoms with Gasteiger partial charge in [0, 0.05) is 12.3 Å². The van der Waals surface area contributed by atoms with Gasteiger partial charge in [-0.15, -0.1) is 0 Å². The molecule has 0 aromatic heterocycles. The van der Waals surface area contributed by atoms with Crippen LogP contribution < -0.4 is 5.32 Å². The Bertz CT molecular complexity index is 474. The van der Waals surface area contributed by atoms with Crippen molar-refractivity contribution in [1.82, 2.24) is 5.32 Å². The predicted octanol–water partition coefficient (Wildman–Crippen LogP) is 1.78. The minimum Gasteiger partial charge on any atom is -0.313 e. The van der Waals surface area contributed by atoms with E-state index in [-0.39, 0.29) is 17.6 Å². The van der Waals surface area contributed by atoms with Gasteiger partial charge in [-0.1, -0.05) is 25.1 Å². The average molecular weight is 273 g/mol. The molecule has 0 amide bonds. The van der Waals surface area contributed by atoms with Gasteiger partial charge < -0.3 is 5.32 Å². The lowest BCUT2D eigenvalue weighted by Crippen LogP contribution is -2.37. The summed E-state index contributed by atoms with van der Waals surface area (Å²) in [7, 11) is -3.07. The molecule has 0 aliphatic heterocycles. The van der Waals surface area contributed by atoms with Crippen LogP contribution in [0.2, 0.25) is 0 Å². The van der Waals surface area contributed by atoms with E-state index < -0.39 is 9.84 Å². The van der Waals surface area contributed by atoms with Crippen molar-refractivity contribution in [1.29, 1.82) is 0 Å². The lowest BCUT2D eigenvalue weighted by atomic mass is 10.1. The van der Waals surface area contributed by atoms with Crippen LogP contribution in [-0.4, -0.2) is 33.0 Å². The molecular weight excluding hydrogens is 253 g/mol. The van der Waals surface area contributed by atoms with E-state index in [1.54, 1.807) is 18.2 Å². The minimum atomic E-state index is -3.07. The van der Waals surface area contributed by atoms with Crippen LogP contribution in [0.1, 0.15) is 18.9 Å². The Morgan fingerprint density at radius 3 is 2.56 bits per heavy atom. The van der Waals surface area contributed by atoms with Crippen molar-refractivity contribution in [2.45, 2.75) is 25.8 Å². The maximum atomic E-state index is 13.5. The third-order valence-corrected chi connectivity index (χ3v) is 3.62. The summed E-state index contributed by atoms with van der Waals surface area (Å²) >= 11 is 0. The van der Waals surface area contributed by atoms with Crippen LogP contribution in [0, 0.1) is 5.82 Å². The standard InChI is InChI=1S/C13H20FNO2S/c1-3-8-15-12(10-18(2,16)17)9-11-6-4-5-7-13(11)14/h4-7,12,15H,3,8-10H2,1-2H3. The molecule has 0 aliphatic rings. The van der Waals surface area contributed by atoms with Crippen molar-refractivity contribution in [2.75, 3.05) is 18.6 Å². The van der Waals surface area contributed by atoms with Crippen LogP contribution in [-0.2, 0) is 16.3 Å². The molecule has 1 N–H and O–H groups in total. The van der Waals surface area contributed by atoms with E-state index in [0.717, 1.165) is 13.0 Å². The number of hydrogen-bond donors (Lipinski definition) is 1. The van der Waals surface area contributed by atoms with Crippen LogP contribution >= 0.6 is 0 Å². The fraction of sp³-hybridized carbons (Fsp3) is 0.538. The van der Waals surface area contributed by atoms with Crippen LogP contribution in [0.3, 0.4) is 0 Å². The Morgan fingerprint density at radius 2 is 2.00 bits per heavy atom. The van der Waals surface area contributed by atoms with Crippen LogP contribution in [0.5, 0.6) is 0 Å². The Morgan fingerprint density at radius 1 is 1.33 bits per heavy atom. The van der Waals surface area contributed by atoms with Gasteiger partial charge in [0.25, 0.3) is 0 Å². The zero-order valence-electron chi connectivity index (χ0n) is 10.8. The lowest BCUT2D eigenvalue weighted by molar-refractivity contribution is 0.516. The summed E-state index contributed by atoms with van der Waals surface area (Å²) in [6.07, 6.45) is 2.51. The number of benzene rings is 1. The normalized spacial score (nSPS) is 13.5. The maximum absolute atomic E-state index is 13.5. The maximum Gasteiger partial charge on any atom is 0.148 e. The molecule has 3 nitrogen and oxygen atoms in total. The monoisotopic (exact) mass is 273 g/mol. The van der Waals surface area contributed by atoms with Crippen molar-refractivity contribution >= 4 is 9.84 Å². The minimum absolute atomic E-state index is 0.0291. The molecule has 0 saturated carbocycles. The van der Waals surface area contributed by atoms with E-state index in [1.807, 2.05) is 6.92 Å². The lowest BCUT2D eigenvalue weighted by Gasteiger charge is -2.18. The largest absolute Gasteiger partial charge is 0.313 e. The van der Waals surface area contributed by atoms with Crippen LogP contribution in [0.15, 0.2) is 24.3 Å². The summed E-state index contributed by atoms with van der Waals surface area (Å²) in [5, 5.41) is 3.16. The van der Waals surface area contributed by atoms with Crippen molar-refractivity contribution in [3.05, 3.63) is 35.6 Å². The molecule has 0 spiro atoms. The Hall–Kier alpha value is -0.940. The number of nitrogens with one attached hydrogen (secondary N) is 1. The second kappa shape index (κ2) is 6.85. The van der Waals surface area contributed by atoms with Gasteiger partial charge in [-0.2, -0.15) is 0 Å². The molecule has 102 valence electrons. The van der Waals surface area contributed by atoms with Gasteiger partial charge >= 0.3 is 0 Å². The zero-order chi connectivity index (χ0) is 13.6. The van der Waals surface area contributed by atoms with Crippen molar-refractivity contribution in [3.63, 3.8) is 0 Å². The van der Waals surface area contributed by atoms with Crippen molar-refractivity contribution in [2.24, 2.45) is 0 Å². The molecular formula is C13H20FNO2S. The summed E-state index contributed by atoms with van der Waals surface area (Å²) in [6, 6.07) is 6.24. The molecule has 1 atom stereocenters. The van der Waals surface area contributed by atoms with E-state index in [9.17, 15) is 12.8 Å². The first kappa shape index (κ1) is 15.1. The van der Waals surface area contributed by atoms with E-state index in [1.165, 1.54) is 12.3 Å². The molecule has 1 unspecified atom stereocenters. The summed E-state index contributed by atoms with van der Waals surface area (Å²) < 4.78 is 36.2. The number of rotatable bonds is 7. The second-order valence-electron chi connectivity index (χ2n) is 4.54. The van der Waals surface area contributed by atoms with Gasteiger partial charge in [0.2, 0.25) is 0 Å². The van der Waals surface area contributed by atoms with Crippen molar-refractivity contribution < 1.29 is 12.8 Å². The first-order chi connectivity index (χ1) is 8.42. The third kappa shape index (κ3) is 5.60. The third-order valence-electron chi connectivity index (χ3n) is 2.61. The highest BCUT2D eigenvalue weighted by atomic mass is 32.2. The predicted molar refractivity (Wildman–Crippen MR) is 71.9 cm³/mol. The Kier molecular flexibility index (Phi) is 5.75. The van der Waals surface area contributed by atoms with Gasteiger partial charge in [-0.3, -0.25) is 0 Å². The number of halogens is 1. The summed E-state index contributed by atoms with van der Waals surface area (Å²) in [4.78, 5) is 0. The highest BCUT2D eigenvalue weighted by Crippen LogP contribution is 2.10. The fourth-order valence-electron chi connectivity index (χ4n) is 1.83. The molecule has 1 aromatic carbocycles. The van der Waals surface area contributed by atoms with E-state index in [0.29, 0.717) is 12.0 Å². The number of hydrogen-bond acceptors (Lipinski definition) is 3. The number of sulfone groups is 1. The average Bonchev–Trinajstić information content (AvgIpc) is 2.27. The molecule has 18 heavy (non-hydrogen) atoms. The van der Waals surface area contributed by atoms with Gasteiger partial charge in [0.1, 0.15) is 15.7 Å². The first-order valence-corrected chi connectivity index (χ1v) is 8.13. The fourth-order valence-corrected chi connectivity index (χ4v) is 2.80. The second-order valence-corrected chi connectivity index (χ2v) is 6.72. The molecule has 0 bridgehead atoms. The SMILES string of the molecule is CCCNC(Cc1ccccc1F)CS(C)(=O)=O. The van der Waals surface area contributed by atoms with Crippen LogP contribution in [0.25, 0.3) is 0 Å². The Labute approximate surface area is 108 Å². The molecule has 0 radical (unpaired) electrons. The molecule has 0 saturated heterocycles. The highest BCUT2D eigenvalue weighted by Gasteiger charge is 2.16. The van der Waals surface area contributed by atoms with Gasteiger partial charge in [-0.05, 0) is 31.0 Å². The van der Waals surface area contributed by atoms with Crippen LogP contribution in [0.4, 0.5) is 4.39 Å². The van der Waals surface area contributed by atoms with Gasteiger partial charge in [0.05, 0.1) is 5.75 Å². The topological polar surface area (TPSA) is 46.2 Å². The molecule has 0 heterocycles.